The van der Waals surface area contributed by atoms with Gasteiger partial charge in [-0.1, -0.05) is 32.4 Å². The summed E-state index contributed by atoms with van der Waals surface area (Å²) >= 11 is 6.16. The first-order valence-electron chi connectivity index (χ1n) is 6.36. The largest absolute Gasteiger partial charge is 0.484 e. The van der Waals surface area contributed by atoms with E-state index in [4.69, 9.17) is 16.3 Å². The number of halogens is 4. The van der Waals surface area contributed by atoms with Crippen molar-refractivity contribution in [2.45, 2.75) is 32.4 Å². The van der Waals surface area contributed by atoms with Crippen LogP contribution in [0.3, 0.4) is 0 Å². The molecule has 0 atom stereocenters. The van der Waals surface area contributed by atoms with Gasteiger partial charge in [-0.3, -0.25) is 0 Å². The van der Waals surface area contributed by atoms with E-state index in [2.05, 4.69) is 4.98 Å². The van der Waals surface area contributed by atoms with Gasteiger partial charge in [-0.15, -0.1) is 0 Å². The highest BCUT2D eigenvalue weighted by atomic mass is 35.5. The molecule has 2 nitrogen and oxygen atoms in total. The fourth-order valence-corrected chi connectivity index (χ4v) is 2.34. The highest BCUT2D eigenvalue weighted by molar-refractivity contribution is 6.30. The number of alkyl halides is 3. The summed E-state index contributed by atoms with van der Waals surface area (Å²) in [6.07, 6.45) is -4.36. The summed E-state index contributed by atoms with van der Waals surface area (Å²) in [6, 6.07) is 6.43. The molecule has 6 heteroatoms. The van der Waals surface area contributed by atoms with E-state index in [1.165, 1.54) is 6.07 Å². The van der Waals surface area contributed by atoms with Gasteiger partial charge in [0.2, 0.25) is 0 Å². The normalized spacial score (nSPS) is 12.7. The van der Waals surface area contributed by atoms with Crippen molar-refractivity contribution < 1.29 is 17.9 Å². The fourth-order valence-electron chi connectivity index (χ4n) is 1.91. The van der Waals surface area contributed by atoms with Crippen LogP contribution in [-0.4, -0.2) is 17.8 Å². The van der Waals surface area contributed by atoms with Crippen molar-refractivity contribution in [3.8, 4) is 5.75 Å². The maximum absolute atomic E-state index is 12.2. The van der Waals surface area contributed by atoms with E-state index in [0.29, 0.717) is 16.1 Å². The van der Waals surface area contributed by atoms with E-state index in [1.54, 1.807) is 12.1 Å². The topological polar surface area (TPSA) is 22.1 Å². The number of hydrogen-bond donors (Lipinski definition) is 0. The molecule has 2 rings (SSSR count). The second-order valence-corrected chi connectivity index (χ2v) is 6.19. The Morgan fingerprint density at radius 1 is 1.14 bits per heavy atom. The molecule has 0 saturated heterocycles. The van der Waals surface area contributed by atoms with Crippen LogP contribution in [0.2, 0.25) is 5.15 Å². The van der Waals surface area contributed by atoms with E-state index in [0.717, 1.165) is 5.56 Å². The number of benzene rings is 1. The SMILES string of the molecule is CC(C)(C)c1cc2cc(OCC(F)(F)F)ccc2nc1Cl. The number of fused-ring (bicyclic) bond motifs is 1. The lowest BCUT2D eigenvalue weighted by Gasteiger charge is -2.20. The number of aromatic nitrogens is 1. The Morgan fingerprint density at radius 3 is 2.38 bits per heavy atom. The quantitative estimate of drug-likeness (QED) is 0.717. The van der Waals surface area contributed by atoms with Gasteiger partial charge < -0.3 is 4.74 Å². The van der Waals surface area contributed by atoms with Crippen molar-refractivity contribution in [1.29, 1.82) is 0 Å². The molecule has 0 aliphatic carbocycles. The first-order valence-corrected chi connectivity index (χ1v) is 6.74. The van der Waals surface area contributed by atoms with Crippen molar-refractivity contribution >= 4 is 22.5 Å². The molecule has 2 aromatic rings. The molecule has 0 N–H and O–H groups in total. The third-order valence-corrected chi connectivity index (χ3v) is 3.24. The Balaban J connectivity index is 2.40. The molecule has 21 heavy (non-hydrogen) atoms. The van der Waals surface area contributed by atoms with Crippen LogP contribution >= 0.6 is 11.6 Å². The van der Waals surface area contributed by atoms with Gasteiger partial charge in [-0.25, -0.2) is 4.98 Å². The van der Waals surface area contributed by atoms with Crippen LogP contribution < -0.4 is 4.74 Å². The maximum Gasteiger partial charge on any atom is 0.422 e. The minimum absolute atomic E-state index is 0.156. The van der Waals surface area contributed by atoms with Gasteiger partial charge in [-0.05, 0) is 35.2 Å². The fraction of sp³-hybridized carbons (Fsp3) is 0.400. The third kappa shape index (κ3) is 4.00. The minimum Gasteiger partial charge on any atom is -0.484 e. The molecule has 1 heterocycles. The Bertz CT molecular complexity index is 662. The van der Waals surface area contributed by atoms with Crippen LogP contribution in [0.5, 0.6) is 5.75 Å². The Morgan fingerprint density at radius 2 is 1.81 bits per heavy atom. The third-order valence-electron chi connectivity index (χ3n) is 2.95. The predicted molar refractivity (Wildman–Crippen MR) is 77.0 cm³/mol. The molecule has 0 fully saturated rings. The second kappa shape index (κ2) is 5.37. The summed E-state index contributed by atoms with van der Waals surface area (Å²) in [5.74, 6) is 0.156. The Hall–Kier alpha value is -1.49. The zero-order valence-corrected chi connectivity index (χ0v) is 12.6. The van der Waals surface area contributed by atoms with Gasteiger partial charge in [-0.2, -0.15) is 13.2 Å². The van der Waals surface area contributed by atoms with Crippen LogP contribution in [0, 0.1) is 0 Å². The summed E-state index contributed by atoms with van der Waals surface area (Å²) in [5.41, 5.74) is 1.25. The molecule has 114 valence electrons. The van der Waals surface area contributed by atoms with Crippen LogP contribution in [0.25, 0.3) is 10.9 Å². The Labute approximate surface area is 125 Å². The smallest absolute Gasteiger partial charge is 0.422 e. The first-order chi connectivity index (χ1) is 9.56. The number of rotatable bonds is 2. The summed E-state index contributed by atoms with van der Waals surface area (Å²) in [6.45, 7) is 4.66. The van der Waals surface area contributed by atoms with Gasteiger partial charge in [0.15, 0.2) is 6.61 Å². The molecule has 0 unspecified atom stereocenters. The van der Waals surface area contributed by atoms with E-state index in [9.17, 15) is 13.2 Å². The van der Waals surface area contributed by atoms with Crippen LogP contribution in [-0.2, 0) is 5.41 Å². The number of nitrogens with zero attached hydrogens (tertiary/aromatic N) is 1. The van der Waals surface area contributed by atoms with Crippen molar-refractivity contribution in [1.82, 2.24) is 4.98 Å². The average Bonchev–Trinajstić information content (AvgIpc) is 2.33. The molecule has 0 aliphatic heterocycles. The number of hydrogen-bond acceptors (Lipinski definition) is 2. The molecular weight excluding hydrogens is 303 g/mol. The lowest BCUT2D eigenvalue weighted by atomic mass is 9.87. The zero-order valence-electron chi connectivity index (χ0n) is 11.9. The number of ether oxygens (including phenoxy) is 1. The van der Waals surface area contributed by atoms with Gasteiger partial charge in [0.25, 0.3) is 0 Å². The molecule has 1 aromatic heterocycles. The highest BCUT2D eigenvalue weighted by Gasteiger charge is 2.28. The highest BCUT2D eigenvalue weighted by Crippen LogP contribution is 2.32. The summed E-state index contributed by atoms with van der Waals surface area (Å²) < 4.78 is 41.3. The van der Waals surface area contributed by atoms with Crippen molar-refractivity contribution in [2.24, 2.45) is 0 Å². The second-order valence-electron chi connectivity index (χ2n) is 5.84. The van der Waals surface area contributed by atoms with E-state index in [-0.39, 0.29) is 11.2 Å². The van der Waals surface area contributed by atoms with Crippen molar-refractivity contribution in [3.05, 3.63) is 35.0 Å². The standard InChI is InChI=1S/C15H15ClF3NO/c1-14(2,3)11-7-9-6-10(21-8-15(17,18)19)4-5-12(9)20-13(11)16/h4-7H,8H2,1-3H3. The molecule has 1 aromatic carbocycles. The van der Waals surface area contributed by atoms with Crippen LogP contribution in [0.4, 0.5) is 13.2 Å². The molecule has 0 aliphatic rings. The maximum atomic E-state index is 12.2. The van der Waals surface area contributed by atoms with Gasteiger partial charge in [0.1, 0.15) is 10.9 Å². The van der Waals surface area contributed by atoms with Crippen LogP contribution in [0.1, 0.15) is 26.3 Å². The van der Waals surface area contributed by atoms with Crippen LogP contribution in [0.15, 0.2) is 24.3 Å². The minimum atomic E-state index is -4.36. The summed E-state index contributed by atoms with van der Waals surface area (Å²) in [7, 11) is 0. The molecule has 0 spiro atoms. The molecule has 0 saturated carbocycles. The number of pyridine rings is 1. The monoisotopic (exact) mass is 317 g/mol. The molecular formula is C15H15ClF3NO. The lowest BCUT2D eigenvalue weighted by Crippen LogP contribution is -2.19. The summed E-state index contributed by atoms with van der Waals surface area (Å²) in [5, 5.41) is 1.10. The predicted octanol–water partition coefficient (Wildman–Crippen LogP) is 5.13. The Kier molecular flexibility index (Phi) is 4.06. The van der Waals surface area contributed by atoms with Gasteiger partial charge >= 0.3 is 6.18 Å². The molecule has 0 amide bonds. The summed E-state index contributed by atoms with van der Waals surface area (Å²) in [4.78, 5) is 4.28. The average molecular weight is 318 g/mol. The van der Waals surface area contributed by atoms with E-state index in [1.807, 2.05) is 26.8 Å². The van der Waals surface area contributed by atoms with Gasteiger partial charge in [0, 0.05) is 5.39 Å². The van der Waals surface area contributed by atoms with Gasteiger partial charge in [0.05, 0.1) is 5.52 Å². The molecule has 0 radical (unpaired) electrons. The van der Waals surface area contributed by atoms with E-state index < -0.39 is 12.8 Å². The first kappa shape index (κ1) is 15.9. The molecule has 0 bridgehead atoms. The van der Waals surface area contributed by atoms with Crippen molar-refractivity contribution in [2.75, 3.05) is 6.61 Å². The zero-order chi connectivity index (χ0) is 15.8. The van der Waals surface area contributed by atoms with E-state index >= 15 is 0 Å². The van der Waals surface area contributed by atoms with Crippen molar-refractivity contribution in [3.63, 3.8) is 0 Å². The lowest BCUT2D eigenvalue weighted by molar-refractivity contribution is -0.153.